The molecule has 0 atom stereocenters. The van der Waals surface area contributed by atoms with E-state index in [1.165, 1.54) is 18.2 Å². The first kappa shape index (κ1) is 13.1. The monoisotopic (exact) mass is 283 g/mol. The van der Waals surface area contributed by atoms with Gasteiger partial charge in [0.05, 0.1) is 0 Å². The standard InChI is InChI=1S/C16H10FNO3/c17-13-7-6-11(15-9-14(16(19)20)18-21-15)8-12(13)10-4-2-1-3-5-10/h1-9H,(H,19,20). The van der Waals surface area contributed by atoms with Crippen LogP contribution in [0.1, 0.15) is 10.5 Å². The van der Waals surface area contributed by atoms with E-state index in [4.69, 9.17) is 9.63 Å². The van der Waals surface area contributed by atoms with Crippen molar-refractivity contribution in [3.8, 4) is 22.5 Å². The Kier molecular flexibility index (Phi) is 3.23. The minimum atomic E-state index is -1.17. The summed E-state index contributed by atoms with van der Waals surface area (Å²) >= 11 is 0. The molecule has 3 rings (SSSR count). The Morgan fingerprint density at radius 1 is 1.05 bits per heavy atom. The summed E-state index contributed by atoms with van der Waals surface area (Å²) in [4.78, 5) is 10.8. The van der Waals surface area contributed by atoms with Crippen molar-refractivity contribution in [2.24, 2.45) is 0 Å². The number of benzene rings is 2. The Bertz CT molecular complexity index is 796. The summed E-state index contributed by atoms with van der Waals surface area (Å²) < 4.78 is 19.0. The average Bonchev–Trinajstić information content (AvgIpc) is 2.99. The van der Waals surface area contributed by atoms with Crippen LogP contribution < -0.4 is 0 Å². The van der Waals surface area contributed by atoms with E-state index in [0.29, 0.717) is 11.1 Å². The quantitative estimate of drug-likeness (QED) is 0.793. The second-order valence-electron chi connectivity index (χ2n) is 4.44. The van der Waals surface area contributed by atoms with Crippen LogP contribution in [-0.2, 0) is 0 Å². The first-order valence-corrected chi connectivity index (χ1v) is 6.20. The molecule has 5 heteroatoms. The molecule has 0 spiro atoms. The number of halogens is 1. The first-order valence-electron chi connectivity index (χ1n) is 6.20. The fourth-order valence-electron chi connectivity index (χ4n) is 2.03. The van der Waals surface area contributed by atoms with Crippen LogP contribution in [0.3, 0.4) is 0 Å². The summed E-state index contributed by atoms with van der Waals surface area (Å²) in [5.74, 6) is -1.25. The minimum Gasteiger partial charge on any atom is -0.476 e. The average molecular weight is 283 g/mol. The van der Waals surface area contributed by atoms with E-state index < -0.39 is 5.97 Å². The number of carboxylic acid groups (broad SMARTS) is 1. The Morgan fingerprint density at radius 3 is 2.48 bits per heavy atom. The van der Waals surface area contributed by atoms with Gasteiger partial charge in [-0.05, 0) is 23.8 Å². The fourth-order valence-corrected chi connectivity index (χ4v) is 2.03. The number of rotatable bonds is 3. The van der Waals surface area contributed by atoms with E-state index in [1.54, 1.807) is 18.2 Å². The molecule has 0 amide bonds. The lowest BCUT2D eigenvalue weighted by Gasteiger charge is -2.05. The third kappa shape index (κ3) is 2.53. The molecule has 0 aliphatic rings. The SMILES string of the molecule is O=C(O)c1cc(-c2ccc(F)c(-c3ccccc3)c2)on1. The van der Waals surface area contributed by atoms with Gasteiger partial charge in [-0.1, -0.05) is 35.5 Å². The van der Waals surface area contributed by atoms with Crippen LogP contribution in [0, 0.1) is 5.82 Å². The predicted octanol–water partition coefficient (Wildman–Crippen LogP) is 3.85. The maximum atomic E-state index is 14.0. The van der Waals surface area contributed by atoms with Crippen LogP contribution in [0.4, 0.5) is 4.39 Å². The lowest BCUT2D eigenvalue weighted by atomic mass is 10.0. The highest BCUT2D eigenvalue weighted by Crippen LogP contribution is 2.29. The fraction of sp³-hybridized carbons (Fsp3) is 0. The van der Waals surface area contributed by atoms with Gasteiger partial charge in [-0.25, -0.2) is 9.18 Å². The Hall–Kier alpha value is -2.95. The van der Waals surface area contributed by atoms with Crippen molar-refractivity contribution in [2.75, 3.05) is 0 Å². The van der Waals surface area contributed by atoms with Gasteiger partial charge in [0, 0.05) is 17.2 Å². The molecular formula is C16H10FNO3. The molecule has 0 radical (unpaired) electrons. The zero-order valence-corrected chi connectivity index (χ0v) is 10.8. The van der Waals surface area contributed by atoms with Crippen LogP contribution in [0.25, 0.3) is 22.5 Å². The molecule has 3 aromatic rings. The lowest BCUT2D eigenvalue weighted by Crippen LogP contribution is -1.94. The summed E-state index contributed by atoms with van der Waals surface area (Å²) in [6, 6.07) is 14.8. The molecule has 0 aliphatic carbocycles. The third-order valence-corrected chi connectivity index (χ3v) is 3.06. The van der Waals surface area contributed by atoms with Crippen molar-refractivity contribution in [1.82, 2.24) is 5.16 Å². The summed E-state index contributed by atoms with van der Waals surface area (Å²) in [5.41, 5.74) is 1.53. The molecule has 0 aliphatic heterocycles. The van der Waals surface area contributed by atoms with Crippen molar-refractivity contribution < 1.29 is 18.8 Å². The predicted molar refractivity (Wildman–Crippen MR) is 74.3 cm³/mol. The van der Waals surface area contributed by atoms with E-state index in [-0.39, 0.29) is 17.3 Å². The normalized spacial score (nSPS) is 10.5. The van der Waals surface area contributed by atoms with Crippen LogP contribution in [0.15, 0.2) is 59.1 Å². The van der Waals surface area contributed by atoms with Gasteiger partial charge in [0.2, 0.25) is 0 Å². The molecule has 1 heterocycles. The van der Waals surface area contributed by atoms with Crippen molar-refractivity contribution >= 4 is 5.97 Å². The Morgan fingerprint density at radius 2 is 1.81 bits per heavy atom. The van der Waals surface area contributed by atoms with E-state index in [2.05, 4.69) is 5.16 Å². The summed E-state index contributed by atoms with van der Waals surface area (Å²) in [5, 5.41) is 12.3. The molecule has 104 valence electrons. The molecule has 2 aromatic carbocycles. The van der Waals surface area contributed by atoms with Gasteiger partial charge in [0.15, 0.2) is 11.5 Å². The molecule has 0 unspecified atom stereocenters. The summed E-state index contributed by atoms with van der Waals surface area (Å²) in [7, 11) is 0. The highest BCUT2D eigenvalue weighted by molar-refractivity contribution is 5.86. The van der Waals surface area contributed by atoms with Crippen LogP contribution in [0.5, 0.6) is 0 Å². The van der Waals surface area contributed by atoms with Gasteiger partial charge >= 0.3 is 5.97 Å². The maximum Gasteiger partial charge on any atom is 0.358 e. The largest absolute Gasteiger partial charge is 0.476 e. The second kappa shape index (κ2) is 5.20. The Labute approximate surface area is 119 Å². The zero-order valence-electron chi connectivity index (χ0n) is 10.8. The molecular weight excluding hydrogens is 273 g/mol. The second-order valence-corrected chi connectivity index (χ2v) is 4.44. The number of carbonyl (C=O) groups is 1. The zero-order chi connectivity index (χ0) is 14.8. The minimum absolute atomic E-state index is 0.185. The first-order chi connectivity index (χ1) is 10.1. The van der Waals surface area contributed by atoms with Crippen LogP contribution in [-0.4, -0.2) is 16.2 Å². The molecule has 0 saturated carbocycles. The van der Waals surface area contributed by atoms with Gasteiger partial charge in [-0.3, -0.25) is 0 Å². The molecule has 0 fully saturated rings. The lowest BCUT2D eigenvalue weighted by molar-refractivity contribution is 0.0686. The van der Waals surface area contributed by atoms with Gasteiger partial charge in [0.25, 0.3) is 0 Å². The highest BCUT2D eigenvalue weighted by Gasteiger charge is 2.14. The number of aromatic carboxylic acids is 1. The van der Waals surface area contributed by atoms with Crippen LogP contribution in [0.2, 0.25) is 0 Å². The topological polar surface area (TPSA) is 63.3 Å². The van der Waals surface area contributed by atoms with Gasteiger partial charge < -0.3 is 9.63 Å². The third-order valence-electron chi connectivity index (χ3n) is 3.06. The van der Waals surface area contributed by atoms with E-state index in [0.717, 1.165) is 5.56 Å². The molecule has 4 nitrogen and oxygen atoms in total. The number of nitrogens with zero attached hydrogens (tertiary/aromatic N) is 1. The maximum absolute atomic E-state index is 14.0. The van der Waals surface area contributed by atoms with E-state index in [1.807, 2.05) is 18.2 Å². The van der Waals surface area contributed by atoms with Gasteiger partial charge in [-0.2, -0.15) is 0 Å². The number of carboxylic acids is 1. The number of aromatic nitrogens is 1. The van der Waals surface area contributed by atoms with E-state index >= 15 is 0 Å². The smallest absolute Gasteiger partial charge is 0.358 e. The number of hydrogen-bond donors (Lipinski definition) is 1. The molecule has 1 N–H and O–H groups in total. The Balaban J connectivity index is 2.07. The van der Waals surface area contributed by atoms with Crippen molar-refractivity contribution in [1.29, 1.82) is 0 Å². The van der Waals surface area contributed by atoms with Gasteiger partial charge in [0.1, 0.15) is 5.82 Å². The number of hydrogen-bond acceptors (Lipinski definition) is 3. The van der Waals surface area contributed by atoms with Crippen molar-refractivity contribution in [2.45, 2.75) is 0 Å². The molecule has 21 heavy (non-hydrogen) atoms. The van der Waals surface area contributed by atoms with Gasteiger partial charge in [-0.15, -0.1) is 0 Å². The van der Waals surface area contributed by atoms with E-state index in [9.17, 15) is 9.18 Å². The summed E-state index contributed by atoms with van der Waals surface area (Å²) in [6.45, 7) is 0. The summed E-state index contributed by atoms with van der Waals surface area (Å²) in [6.07, 6.45) is 0. The van der Waals surface area contributed by atoms with Crippen molar-refractivity contribution in [3.05, 3.63) is 66.1 Å². The van der Waals surface area contributed by atoms with Crippen LogP contribution >= 0.6 is 0 Å². The molecule has 0 bridgehead atoms. The molecule has 1 aromatic heterocycles. The highest BCUT2D eigenvalue weighted by atomic mass is 19.1. The van der Waals surface area contributed by atoms with Crippen molar-refractivity contribution in [3.63, 3.8) is 0 Å². The molecule has 0 saturated heterocycles.